The van der Waals surface area contributed by atoms with Gasteiger partial charge in [0.15, 0.2) is 11.8 Å². The van der Waals surface area contributed by atoms with Gasteiger partial charge in [-0.15, -0.1) is 34.2 Å². The number of aromatic nitrogens is 3. The quantitative estimate of drug-likeness (QED) is 0.267. The number of aryl methyl sites for hydroxylation is 2. The van der Waals surface area contributed by atoms with Crippen molar-refractivity contribution in [2.75, 3.05) is 20.3 Å². The molecule has 2 aromatic rings. The summed E-state index contributed by atoms with van der Waals surface area (Å²) in [6, 6.07) is 8.42. The van der Waals surface area contributed by atoms with Crippen molar-refractivity contribution in [3.05, 3.63) is 47.0 Å². The molecule has 2 rings (SSSR count). The molecule has 0 spiro atoms. The summed E-state index contributed by atoms with van der Waals surface area (Å²) in [6.07, 6.45) is 0.921. The number of hydrogen-bond acceptors (Lipinski definition) is 4. The first kappa shape index (κ1) is 22.4. The highest BCUT2D eigenvalue weighted by Gasteiger charge is 2.06. The Balaban J connectivity index is 0.00000338. The molecule has 0 radical (unpaired) electrons. The first-order valence-corrected chi connectivity index (χ1v) is 8.51. The monoisotopic (exact) mass is 472 g/mol. The summed E-state index contributed by atoms with van der Waals surface area (Å²) in [5, 5.41) is 14.9. The number of nitrogens with one attached hydrogen (secondary N) is 2. The molecule has 0 amide bonds. The van der Waals surface area contributed by atoms with E-state index in [4.69, 9.17) is 4.74 Å². The van der Waals surface area contributed by atoms with Crippen LogP contribution in [0.25, 0.3) is 0 Å². The lowest BCUT2D eigenvalue weighted by atomic mass is 10.1. The summed E-state index contributed by atoms with van der Waals surface area (Å²) in [5.41, 5.74) is 2.43. The molecule has 0 saturated heterocycles. The van der Waals surface area contributed by atoms with E-state index in [1.165, 1.54) is 11.1 Å². The van der Waals surface area contributed by atoms with Gasteiger partial charge in [0.25, 0.3) is 0 Å². The maximum atomic E-state index is 5.09. The lowest BCUT2D eigenvalue weighted by molar-refractivity contribution is 0.195. The van der Waals surface area contributed by atoms with Crippen LogP contribution in [0.5, 0.6) is 0 Å². The van der Waals surface area contributed by atoms with Gasteiger partial charge in [0, 0.05) is 27.3 Å². The molecule has 0 bridgehead atoms. The SMILES string of the molecule is COCCCNC(=NCc1ccc(C)cc1)NCc1nnc(C)n1C.I. The van der Waals surface area contributed by atoms with Crippen molar-refractivity contribution in [1.82, 2.24) is 25.4 Å². The minimum absolute atomic E-state index is 0. The number of methoxy groups -OCH3 is 1. The van der Waals surface area contributed by atoms with Gasteiger partial charge < -0.3 is 19.9 Å². The Labute approximate surface area is 172 Å². The van der Waals surface area contributed by atoms with Crippen LogP contribution in [0, 0.1) is 13.8 Å². The normalized spacial score (nSPS) is 11.2. The van der Waals surface area contributed by atoms with E-state index in [1.807, 2.05) is 18.5 Å². The average molecular weight is 472 g/mol. The molecule has 1 heterocycles. The lowest BCUT2D eigenvalue weighted by Crippen LogP contribution is -2.38. The largest absolute Gasteiger partial charge is 0.385 e. The van der Waals surface area contributed by atoms with Crippen LogP contribution >= 0.6 is 24.0 Å². The summed E-state index contributed by atoms with van der Waals surface area (Å²) in [4.78, 5) is 4.67. The minimum Gasteiger partial charge on any atom is -0.385 e. The standard InChI is InChI=1S/C18H28N6O.HI/c1-14-6-8-16(9-7-14)12-20-18(19-10-5-11-25-4)21-13-17-23-22-15(2)24(17)3;/h6-9H,5,10-13H2,1-4H3,(H2,19,20,21);1H. The number of benzene rings is 1. The van der Waals surface area contributed by atoms with Gasteiger partial charge in [-0.3, -0.25) is 0 Å². The fourth-order valence-corrected chi connectivity index (χ4v) is 2.23. The van der Waals surface area contributed by atoms with E-state index < -0.39 is 0 Å². The van der Waals surface area contributed by atoms with E-state index in [0.29, 0.717) is 13.1 Å². The van der Waals surface area contributed by atoms with Crippen molar-refractivity contribution in [2.45, 2.75) is 33.4 Å². The molecule has 2 N–H and O–H groups in total. The van der Waals surface area contributed by atoms with Crippen molar-refractivity contribution in [3.8, 4) is 0 Å². The zero-order valence-electron chi connectivity index (χ0n) is 16.0. The highest BCUT2D eigenvalue weighted by Crippen LogP contribution is 2.04. The number of ether oxygens (including phenoxy) is 1. The van der Waals surface area contributed by atoms with Crippen molar-refractivity contribution in [3.63, 3.8) is 0 Å². The van der Waals surface area contributed by atoms with Crippen LogP contribution in [0.3, 0.4) is 0 Å². The Morgan fingerprint density at radius 1 is 1.15 bits per heavy atom. The molecular formula is C18H29IN6O. The van der Waals surface area contributed by atoms with Crippen LogP contribution in [0.15, 0.2) is 29.3 Å². The van der Waals surface area contributed by atoms with Crippen LogP contribution in [0.4, 0.5) is 0 Å². The van der Waals surface area contributed by atoms with E-state index in [-0.39, 0.29) is 24.0 Å². The predicted molar refractivity (Wildman–Crippen MR) is 115 cm³/mol. The first-order valence-electron chi connectivity index (χ1n) is 8.51. The van der Waals surface area contributed by atoms with Crippen LogP contribution < -0.4 is 10.6 Å². The molecule has 0 aliphatic carbocycles. The predicted octanol–water partition coefficient (Wildman–Crippen LogP) is 2.32. The van der Waals surface area contributed by atoms with Crippen molar-refractivity contribution in [2.24, 2.45) is 12.0 Å². The topological polar surface area (TPSA) is 76.4 Å². The van der Waals surface area contributed by atoms with Gasteiger partial charge in [-0.05, 0) is 25.8 Å². The van der Waals surface area contributed by atoms with Gasteiger partial charge in [-0.2, -0.15) is 0 Å². The third-order valence-electron chi connectivity index (χ3n) is 3.95. The second-order valence-corrected chi connectivity index (χ2v) is 6.00. The van der Waals surface area contributed by atoms with Gasteiger partial charge in [0.2, 0.25) is 0 Å². The summed E-state index contributed by atoms with van der Waals surface area (Å²) in [5.74, 6) is 2.53. The molecule has 0 aliphatic heterocycles. The highest BCUT2D eigenvalue weighted by molar-refractivity contribution is 14.0. The van der Waals surface area contributed by atoms with Crippen LogP contribution in [0.1, 0.15) is 29.2 Å². The molecule has 1 aromatic carbocycles. The second kappa shape index (κ2) is 11.8. The Morgan fingerprint density at radius 3 is 2.50 bits per heavy atom. The maximum Gasteiger partial charge on any atom is 0.191 e. The van der Waals surface area contributed by atoms with E-state index >= 15 is 0 Å². The molecule has 1 aromatic heterocycles. The number of hydrogen-bond donors (Lipinski definition) is 2. The molecule has 0 unspecified atom stereocenters. The maximum absolute atomic E-state index is 5.09. The number of rotatable bonds is 8. The average Bonchev–Trinajstić information content (AvgIpc) is 2.93. The van der Waals surface area contributed by atoms with E-state index in [0.717, 1.165) is 37.2 Å². The van der Waals surface area contributed by atoms with E-state index in [1.54, 1.807) is 7.11 Å². The van der Waals surface area contributed by atoms with Crippen molar-refractivity contribution < 1.29 is 4.74 Å². The third kappa shape index (κ3) is 7.28. The van der Waals surface area contributed by atoms with Crippen molar-refractivity contribution in [1.29, 1.82) is 0 Å². The smallest absolute Gasteiger partial charge is 0.191 e. The number of aliphatic imine (C=N–C) groups is 1. The Bertz CT molecular complexity index is 683. The van der Waals surface area contributed by atoms with Crippen LogP contribution in [0.2, 0.25) is 0 Å². The molecule has 144 valence electrons. The van der Waals surface area contributed by atoms with Gasteiger partial charge in [-0.25, -0.2) is 4.99 Å². The fourth-order valence-electron chi connectivity index (χ4n) is 2.23. The number of guanidine groups is 1. The Kier molecular flexibility index (Phi) is 10.2. The number of nitrogens with zero attached hydrogens (tertiary/aromatic N) is 4. The Morgan fingerprint density at radius 2 is 1.88 bits per heavy atom. The molecule has 26 heavy (non-hydrogen) atoms. The molecule has 0 fully saturated rings. The molecular weight excluding hydrogens is 443 g/mol. The summed E-state index contributed by atoms with van der Waals surface area (Å²) < 4.78 is 7.06. The zero-order chi connectivity index (χ0) is 18.1. The summed E-state index contributed by atoms with van der Waals surface area (Å²) in [7, 11) is 3.67. The minimum atomic E-state index is 0. The van der Waals surface area contributed by atoms with Crippen LogP contribution in [-0.4, -0.2) is 41.0 Å². The highest BCUT2D eigenvalue weighted by atomic mass is 127. The first-order chi connectivity index (χ1) is 12.1. The second-order valence-electron chi connectivity index (χ2n) is 6.00. The molecule has 0 atom stereocenters. The number of halogens is 1. The molecule has 0 saturated carbocycles. The van der Waals surface area contributed by atoms with Gasteiger partial charge in [0.1, 0.15) is 5.82 Å². The third-order valence-corrected chi connectivity index (χ3v) is 3.95. The molecule has 0 aliphatic rings. The van der Waals surface area contributed by atoms with Gasteiger partial charge >= 0.3 is 0 Å². The lowest BCUT2D eigenvalue weighted by Gasteiger charge is -2.12. The zero-order valence-corrected chi connectivity index (χ0v) is 18.3. The fraction of sp³-hybridized carbons (Fsp3) is 0.500. The molecule has 7 nitrogen and oxygen atoms in total. The molecule has 8 heteroatoms. The summed E-state index contributed by atoms with van der Waals surface area (Å²) >= 11 is 0. The van der Waals surface area contributed by atoms with Gasteiger partial charge in [0.05, 0.1) is 13.1 Å². The van der Waals surface area contributed by atoms with Crippen LogP contribution in [-0.2, 0) is 24.9 Å². The Hall–Kier alpha value is -1.68. The van der Waals surface area contributed by atoms with Gasteiger partial charge in [-0.1, -0.05) is 29.8 Å². The van der Waals surface area contributed by atoms with E-state index in [9.17, 15) is 0 Å². The van der Waals surface area contributed by atoms with E-state index in [2.05, 4.69) is 57.0 Å². The van der Waals surface area contributed by atoms with Crippen molar-refractivity contribution >= 4 is 29.9 Å². The summed E-state index contributed by atoms with van der Waals surface area (Å²) in [6.45, 7) is 6.73.